The maximum Gasteiger partial charge on any atom is 0.243 e. The summed E-state index contributed by atoms with van der Waals surface area (Å²) in [6.45, 7) is 5.16. The van der Waals surface area contributed by atoms with Gasteiger partial charge in [0.1, 0.15) is 5.75 Å². The molecule has 0 radical (unpaired) electrons. The standard InChI is InChI=1S/C23H25N5O3S/c1-15-10-12-27(13-11-15)32(29,30)17-8-9-21(31-3)20(14-17)23-25-24-22-19-7-5-4-6-18(19)16(2)26-28(22)23/h4-9,14-15H,10-13H2,1-3H3. The van der Waals surface area contributed by atoms with E-state index in [9.17, 15) is 8.42 Å². The quantitative estimate of drug-likeness (QED) is 0.470. The Morgan fingerprint density at radius 2 is 1.75 bits per heavy atom. The van der Waals surface area contributed by atoms with Crippen LogP contribution in [0, 0.1) is 12.8 Å². The fourth-order valence-corrected chi connectivity index (χ4v) is 5.80. The van der Waals surface area contributed by atoms with Crippen LogP contribution < -0.4 is 4.74 Å². The van der Waals surface area contributed by atoms with Crippen LogP contribution in [0.4, 0.5) is 0 Å². The molecule has 2 aromatic heterocycles. The Kier molecular flexibility index (Phi) is 5.10. The predicted molar refractivity (Wildman–Crippen MR) is 122 cm³/mol. The predicted octanol–water partition coefficient (Wildman–Crippen LogP) is 3.68. The summed E-state index contributed by atoms with van der Waals surface area (Å²) in [6, 6.07) is 12.8. The number of sulfonamides is 1. The summed E-state index contributed by atoms with van der Waals surface area (Å²) in [6.07, 6.45) is 1.74. The van der Waals surface area contributed by atoms with Crippen molar-refractivity contribution >= 4 is 26.4 Å². The highest BCUT2D eigenvalue weighted by Gasteiger charge is 2.29. The minimum Gasteiger partial charge on any atom is -0.496 e. The van der Waals surface area contributed by atoms with E-state index in [1.54, 1.807) is 34.1 Å². The van der Waals surface area contributed by atoms with Crippen LogP contribution in [0.5, 0.6) is 5.75 Å². The van der Waals surface area contributed by atoms with Crippen LogP contribution in [0.25, 0.3) is 27.8 Å². The van der Waals surface area contributed by atoms with Crippen molar-refractivity contribution in [2.45, 2.75) is 31.6 Å². The molecule has 0 amide bonds. The van der Waals surface area contributed by atoms with Gasteiger partial charge in [-0.25, -0.2) is 8.42 Å². The molecule has 32 heavy (non-hydrogen) atoms. The van der Waals surface area contributed by atoms with E-state index in [1.807, 2.05) is 31.2 Å². The number of methoxy groups -OCH3 is 1. The van der Waals surface area contributed by atoms with Gasteiger partial charge in [0.05, 0.1) is 23.3 Å². The molecule has 1 fully saturated rings. The lowest BCUT2D eigenvalue weighted by Crippen LogP contribution is -2.37. The molecule has 2 aromatic carbocycles. The molecule has 0 atom stereocenters. The third kappa shape index (κ3) is 3.32. The Morgan fingerprint density at radius 3 is 2.47 bits per heavy atom. The van der Waals surface area contributed by atoms with Gasteiger partial charge in [-0.3, -0.25) is 0 Å². The minimum atomic E-state index is -3.62. The average Bonchev–Trinajstić information content (AvgIpc) is 3.23. The molecular weight excluding hydrogens is 426 g/mol. The Hall–Kier alpha value is -3.04. The van der Waals surface area contributed by atoms with Crippen LogP contribution in [-0.4, -0.2) is 52.7 Å². The lowest BCUT2D eigenvalue weighted by molar-refractivity contribution is 0.288. The molecule has 0 N–H and O–H groups in total. The van der Waals surface area contributed by atoms with Crippen molar-refractivity contribution in [1.29, 1.82) is 0 Å². The average molecular weight is 452 g/mol. The summed E-state index contributed by atoms with van der Waals surface area (Å²) >= 11 is 0. The summed E-state index contributed by atoms with van der Waals surface area (Å²) < 4.78 is 35.4. The summed E-state index contributed by atoms with van der Waals surface area (Å²) in [5.41, 5.74) is 1.98. The minimum absolute atomic E-state index is 0.220. The van der Waals surface area contributed by atoms with Gasteiger partial charge < -0.3 is 4.74 Å². The van der Waals surface area contributed by atoms with E-state index in [0.717, 1.165) is 29.3 Å². The molecule has 0 saturated carbocycles. The second kappa shape index (κ2) is 7.83. The number of aryl methyl sites for hydroxylation is 1. The zero-order chi connectivity index (χ0) is 22.5. The Balaban J connectivity index is 1.66. The third-order valence-corrected chi connectivity index (χ3v) is 8.14. The van der Waals surface area contributed by atoms with Crippen LogP contribution in [0.1, 0.15) is 25.5 Å². The third-order valence-electron chi connectivity index (χ3n) is 6.24. The Morgan fingerprint density at radius 1 is 1.03 bits per heavy atom. The largest absolute Gasteiger partial charge is 0.496 e. The summed E-state index contributed by atoms with van der Waals surface area (Å²) in [7, 11) is -2.07. The molecule has 1 aliphatic rings. The highest BCUT2D eigenvalue weighted by molar-refractivity contribution is 7.89. The van der Waals surface area contributed by atoms with Gasteiger partial charge in [0.2, 0.25) is 10.0 Å². The van der Waals surface area contributed by atoms with Crippen LogP contribution in [0.3, 0.4) is 0 Å². The number of fused-ring (bicyclic) bond motifs is 3. The number of piperidine rings is 1. The van der Waals surface area contributed by atoms with Gasteiger partial charge >= 0.3 is 0 Å². The van der Waals surface area contributed by atoms with E-state index >= 15 is 0 Å². The van der Waals surface area contributed by atoms with Crippen LogP contribution in [0.2, 0.25) is 0 Å². The SMILES string of the molecule is COc1ccc(S(=O)(=O)N2CCC(C)CC2)cc1-c1nnc2c3ccccc3c(C)nn12. The molecule has 1 saturated heterocycles. The maximum atomic E-state index is 13.3. The molecule has 4 aromatic rings. The number of aromatic nitrogens is 4. The van der Waals surface area contributed by atoms with Gasteiger partial charge in [-0.2, -0.15) is 13.9 Å². The van der Waals surface area contributed by atoms with Crippen molar-refractivity contribution in [3.05, 3.63) is 48.2 Å². The highest BCUT2D eigenvalue weighted by atomic mass is 32.2. The molecular formula is C23H25N5O3S. The normalized spacial score (nSPS) is 16.1. The Bertz CT molecular complexity index is 1420. The molecule has 166 valence electrons. The maximum absolute atomic E-state index is 13.3. The van der Waals surface area contributed by atoms with Crippen molar-refractivity contribution in [1.82, 2.24) is 24.1 Å². The summed E-state index contributed by atoms with van der Waals surface area (Å²) in [5, 5.41) is 15.4. The first kappa shape index (κ1) is 20.8. The second-order valence-electron chi connectivity index (χ2n) is 8.34. The van der Waals surface area contributed by atoms with Gasteiger partial charge in [-0.05, 0) is 43.9 Å². The second-order valence-corrected chi connectivity index (χ2v) is 10.3. The number of ether oxygens (including phenoxy) is 1. The molecule has 1 aliphatic heterocycles. The Labute approximate surface area is 186 Å². The zero-order valence-electron chi connectivity index (χ0n) is 18.3. The summed E-state index contributed by atoms with van der Waals surface area (Å²) in [4.78, 5) is 0.220. The fraction of sp³-hybridized carbons (Fsp3) is 0.348. The molecule has 0 unspecified atom stereocenters. The molecule has 0 aliphatic carbocycles. The first-order valence-corrected chi connectivity index (χ1v) is 12.1. The molecule has 9 heteroatoms. The number of rotatable bonds is 4. The first-order chi connectivity index (χ1) is 15.4. The van der Waals surface area contributed by atoms with Crippen LogP contribution in [0.15, 0.2) is 47.4 Å². The fourth-order valence-electron chi connectivity index (χ4n) is 4.30. The van der Waals surface area contributed by atoms with Gasteiger partial charge in [0, 0.05) is 23.9 Å². The molecule has 8 nitrogen and oxygen atoms in total. The molecule has 5 rings (SSSR count). The number of hydrogen-bond acceptors (Lipinski definition) is 6. The summed E-state index contributed by atoms with van der Waals surface area (Å²) in [5.74, 6) is 1.49. The van der Waals surface area contributed by atoms with E-state index < -0.39 is 10.0 Å². The number of benzene rings is 2. The van der Waals surface area contributed by atoms with Crippen molar-refractivity contribution in [3.63, 3.8) is 0 Å². The van der Waals surface area contributed by atoms with E-state index in [2.05, 4.69) is 22.2 Å². The topological polar surface area (TPSA) is 89.7 Å². The van der Waals surface area contributed by atoms with Crippen molar-refractivity contribution in [2.24, 2.45) is 5.92 Å². The van der Waals surface area contributed by atoms with E-state index in [4.69, 9.17) is 4.74 Å². The van der Waals surface area contributed by atoms with Gasteiger partial charge in [-0.1, -0.05) is 31.2 Å². The first-order valence-electron chi connectivity index (χ1n) is 10.7. The van der Waals surface area contributed by atoms with Gasteiger partial charge in [0.15, 0.2) is 11.5 Å². The zero-order valence-corrected chi connectivity index (χ0v) is 19.1. The monoisotopic (exact) mass is 451 g/mol. The smallest absolute Gasteiger partial charge is 0.243 e. The van der Waals surface area contributed by atoms with E-state index in [-0.39, 0.29) is 4.90 Å². The molecule has 0 spiro atoms. The van der Waals surface area contributed by atoms with Crippen LogP contribution in [-0.2, 0) is 10.0 Å². The number of nitrogens with zero attached hydrogens (tertiary/aromatic N) is 5. The van der Waals surface area contributed by atoms with Gasteiger partial charge in [0.25, 0.3) is 0 Å². The lowest BCUT2D eigenvalue weighted by atomic mass is 10.0. The molecule has 3 heterocycles. The lowest BCUT2D eigenvalue weighted by Gasteiger charge is -2.29. The van der Waals surface area contributed by atoms with E-state index in [0.29, 0.717) is 41.8 Å². The van der Waals surface area contributed by atoms with Crippen molar-refractivity contribution in [3.8, 4) is 17.1 Å². The van der Waals surface area contributed by atoms with E-state index in [1.165, 1.54) is 0 Å². The van der Waals surface area contributed by atoms with Crippen molar-refractivity contribution in [2.75, 3.05) is 20.2 Å². The highest BCUT2D eigenvalue weighted by Crippen LogP contribution is 2.34. The van der Waals surface area contributed by atoms with Crippen molar-refractivity contribution < 1.29 is 13.2 Å². The number of hydrogen-bond donors (Lipinski definition) is 0. The van der Waals surface area contributed by atoms with Crippen LogP contribution >= 0.6 is 0 Å². The molecule has 0 bridgehead atoms. The van der Waals surface area contributed by atoms with Gasteiger partial charge in [-0.15, -0.1) is 10.2 Å².